The molecule has 1 aromatic heterocycles. The summed E-state index contributed by atoms with van der Waals surface area (Å²) in [5.41, 5.74) is 5.00. The third-order valence-electron chi connectivity index (χ3n) is 4.82. The molecule has 1 heterocycles. The number of benzene rings is 2. The number of hydrogen-bond donors (Lipinski definition) is 0. The minimum atomic E-state index is -2.09. The topological polar surface area (TPSA) is 12.9 Å². The molecule has 0 fully saturated rings. The molecule has 2 aromatic carbocycles. The van der Waals surface area contributed by atoms with E-state index >= 15 is 0 Å². The Labute approximate surface area is 157 Å². The van der Waals surface area contributed by atoms with Crippen LogP contribution in [0.3, 0.4) is 0 Å². The van der Waals surface area contributed by atoms with Gasteiger partial charge in [0.05, 0.1) is 5.69 Å². The van der Waals surface area contributed by atoms with Crippen molar-refractivity contribution in [3.05, 3.63) is 89.1 Å². The third kappa shape index (κ3) is 3.66. The Morgan fingerprint density at radius 3 is 2.40 bits per heavy atom. The summed E-state index contributed by atoms with van der Waals surface area (Å²) in [6.45, 7) is 5.91. The van der Waals surface area contributed by atoms with Crippen molar-refractivity contribution in [1.82, 2.24) is 4.98 Å². The fourth-order valence-corrected chi connectivity index (χ4v) is 3.02. The van der Waals surface area contributed by atoms with Gasteiger partial charge in [-0.3, -0.25) is 4.98 Å². The van der Waals surface area contributed by atoms with Gasteiger partial charge in [-0.2, -0.15) is 0 Å². The van der Waals surface area contributed by atoms with Crippen molar-refractivity contribution in [2.45, 2.75) is 45.9 Å². The molecule has 0 saturated carbocycles. The summed E-state index contributed by atoms with van der Waals surface area (Å²) in [7, 11) is 0. The van der Waals surface area contributed by atoms with Crippen LogP contribution in [0.2, 0.25) is 0 Å². The molecule has 25 heavy (non-hydrogen) atoms. The van der Waals surface area contributed by atoms with Gasteiger partial charge in [0.2, 0.25) is 0 Å². The Hall–Kier alpha value is -2.41. The first-order chi connectivity index (χ1) is 13.4. The third-order valence-corrected chi connectivity index (χ3v) is 4.82. The molecular weight excluding hydrogens is 302 g/mol. The zero-order valence-corrected chi connectivity index (χ0v) is 15.3. The summed E-state index contributed by atoms with van der Waals surface area (Å²) in [4.78, 5) is 4.51. The largest absolute Gasteiger partial charge is 0.256 e. The van der Waals surface area contributed by atoms with Gasteiger partial charge in [0.15, 0.2) is 0 Å². The van der Waals surface area contributed by atoms with E-state index in [1.807, 2.05) is 50.2 Å². The monoisotopic (exact) mass is 333 g/mol. The van der Waals surface area contributed by atoms with E-state index in [0.717, 1.165) is 27.9 Å². The number of aryl methyl sites for hydroxylation is 1. The van der Waals surface area contributed by atoms with Crippen LogP contribution in [0.15, 0.2) is 66.9 Å². The first-order valence-corrected chi connectivity index (χ1v) is 8.57. The highest BCUT2D eigenvalue weighted by Gasteiger charge is 2.23. The van der Waals surface area contributed by atoms with Crippen molar-refractivity contribution in [3.63, 3.8) is 0 Å². The molecule has 0 spiro atoms. The van der Waals surface area contributed by atoms with Crippen LogP contribution in [0.4, 0.5) is 0 Å². The second kappa shape index (κ2) is 6.84. The van der Waals surface area contributed by atoms with Crippen LogP contribution in [0.25, 0.3) is 11.3 Å². The van der Waals surface area contributed by atoms with Crippen LogP contribution in [0, 0.1) is 6.85 Å². The van der Waals surface area contributed by atoms with Crippen LogP contribution in [0.1, 0.15) is 61.3 Å². The van der Waals surface area contributed by atoms with Gasteiger partial charge < -0.3 is 0 Å². The van der Waals surface area contributed by atoms with E-state index in [1.54, 1.807) is 18.3 Å². The predicted molar refractivity (Wildman–Crippen MR) is 107 cm³/mol. The number of hydrogen-bond acceptors (Lipinski definition) is 1. The first-order valence-electron chi connectivity index (χ1n) is 10.6. The average molecular weight is 334 g/mol. The van der Waals surface area contributed by atoms with Gasteiger partial charge in [-0.15, -0.1) is 0 Å². The number of pyridine rings is 1. The Kier molecular flexibility index (Phi) is 3.52. The summed E-state index contributed by atoms with van der Waals surface area (Å²) < 4.78 is 31.0. The molecule has 0 radical (unpaired) electrons. The maximum Gasteiger partial charge on any atom is 0.0704 e. The Balaban J connectivity index is 1.98. The normalized spacial score (nSPS) is 15.0. The summed E-state index contributed by atoms with van der Waals surface area (Å²) in [5.74, 6) is -0.681. The van der Waals surface area contributed by atoms with Crippen molar-refractivity contribution in [2.75, 3.05) is 0 Å². The van der Waals surface area contributed by atoms with E-state index in [-0.39, 0.29) is 5.41 Å². The molecule has 0 saturated heterocycles. The predicted octanol–water partition coefficient (Wildman–Crippen LogP) is 6.51. The Bertz CT molecular complexity index is 996. The smallest absolute Gasteiger partial charge is 0.0704 e. The molecule has 0 bridgehead atoms. The van der Waals surface area contributed by atoms with Crippen molar-refractivity contribution in [3.8, 4) is 11.3 Å². The molecule has 1 nitrogen and oxygen atoms in total. The van der Waals surface area contributed by atoms with Gasteiger partial charge in [-0.25, -0.2) is 0 Å². The maximum absolute atomic E-state index is 8.28. The van der Waals surface area contributed by atoms with Crippen LogP contribution in [-0.2, 0) is 5.41 Å². The second-order valence-electron chi connectivity index (χ2n) is 7.21. The summed E-state index contributed by atoms with van der Waals surface area (Å²) in [5, 5.41) is 0. The zero-order chi connectivity index (χ0) is 21.4. The van der Waals surface area contributed by atoms with E-state index in [4.69, 9.17) is 5.48 Å². The lowest BCUT2D eigenvalue weighted by Crippen LogP contribution is -2.18. The van der Waals surface area contributed by atoms with E-state index in [9.17, 15) is 0 Å². The molecule has 0 atom stereocenters. The second-order valence-corrected chi connectivity index (χ2v) is 7.21. The molecule has 0 unspecified atom stereocenters. The van der Waals surface area contributed by atoms with Crippen LogP contribution < -0.4 is 0 Å². The molecule has 0 amide bonds. The van der Waals surface area contributed by atoms with Crippen molar-refractivity contribution < 1.29 is 5.48 Å². The first kappa shape index (κ1) is 12.9. The SMILES string of the molecule is [2H]C([2H])([2H])c1ccc(C(C)(C)c2cccc(-c3cc(C([2H])(C)C)ccn3)c2)cc1. The maximum atomic E-state index is 8.28. The van der Waals surface area contributed by atoms with Crippen LogP contribution in [0.5, 0.6) is 0 Å². The fourth-order valence-electron chi connectivity index (χ4n) is 3.02. The van der Waals surface area contributed by atoms with Crippen molar-refractivity contribution >= 4 is 0 Å². The van der Waals surface area contributed by atoms with E-state index < -0.39 is 12.7 Å². The quantitative estimate of drug-likeness (QED) is 0.530. The summed E-state index contributed by atoms with van der Waals surface area (Å²) in [6.07, 6.45) is 1.76. The zero-order valence-electron chi connectivity index (χ0n) is 19.3. The van der Waals surface area contributed by atoms with Crippen molar-refractivity contribution in [2.24, 2.45) is 0 Å². The molecule has 0 N–H and O–H groups in total. The van der Waals surface area contributed by atoms with Gasteiger partial charge in [0.1, 0.15) is 0 Å². The lowest BCUT2D eigenvalue weighted by molar-refractivity contribution is 0.641. The summed E-state index contributed by atoms with van der Waals surface area (Å²) >= 11 is 0. The molecule has 0 aliphatic rings. The van der Waals surface area contributed by atoms with E-state index in [0.29, 0.717) is 5.56 Å². The Morgan fingerprint density at radius 2 is 1.72 bits per heavy atom. The summed E-state index contributed by atoms with van der Waals surface area (Å²) in [6, 6.07) is 19.3. The minimum absolute atomic E-state index is 0.296. The highest BCUT2D eigenvalue weighted by molar-refractivity contribution is 5.62. The number of aromatic nitrogens is 1. The lowest BCUT2D eigenvalue weighted by Gasteiger charge is -2.27. The van der Waals surface area contributed by atoms with Crippen LogP contribution >= 0.6 is 0 Å². The molecule has 1 heteroatoms. The van der Waals surface area contributed by atoms with Crippen molar-refractivity contribution in [1.29, 1.82) is 0 Å². The number of nitrogens with zero attached hydrogens (tertiary/aromatic N) is 1. The molecule has 3 rings (SSSR count). The molecule has 128 valence electrons. The number of rotatable bonds is 4. The average Bonchev–Trinajstić information content (AvgIpc) is 2.67. The van der Waals surface area contributed by atoms with Gasteiger partial charge >= 0.3 is 0 Å². The molecular formula is C24H27N. The van der Waals surface area contributed by atoms with Gasteiger partial charge in [0.25, 0.3) is 0 Å². The Morgan fingerprint density at radius 1 is 0.960 bits per heavy atom. The highest BCUT2D eigenvalue weighted by Crippen LogP contribution is 2.34. The minimum Gasteiger partial charge on any atom is -0.256 e. The fraction of sp³-hybridized carbons (Fsp3) is 0.292. The van der Waals surface area contributed by atoms with E-state index in [2.05, 4.69) is 31.0 Å². The van der Waals surface area contributed by atoms with Gasteiger partial charge in [0, 0.05) is 22.7 Å². The lowest BCUT2D eigenvalue weighted by atomic mass is 9.77. The molecule has 3 aromatic rings. The van der Waals surface area contributed by atoms with Gasteiger partial charge in [-0.05, 0) is 47.6 Å². The highest BCUT2D eigenvalue weighted by atomic mass is 14.7. The van der Waals surface area contributed by atoms with E-state index in [1.165, 1.54) is 0 Å². The van der Waals surface area contributed by atoms with Crippen LogP contribution in [-0.4, -0.2) is 4.98 Å². The standard InChI is InChI=1S/C24H27N/c1-17(2)19-13-14-25-23(16-19)20-7-6-8-22(15-20)24(4,5)21-11-9-18(3)10-12-21/h6-17H,1-5H3/i3D3,17D. The van der Waals surface area contributed by atoms with Gasteiger partial charge in [-0.1, -0.05) is 75.7 Å². The molecule has 0 aliphatic heterocycles. The molecule has 0 aliphatic carbocycles.